The molecule has 1 aromatic carbocycles. The van der Waals surface area contributed by atoms with Gasteiger partial charge in [0.25, 0.3) is 0 Å². The Kier molecular flexibility index (Phi) is 3.35. The first kappa shape index (κ1) is 11.0. The third-order valence-electron chi connectivity index (χ3n) is 2.58. The molecular formula is C11H14INO2. The van der Waals surface area contributed by atoms with Gasteiger partial charge in [0.05, 0.1) is 17.3 Å². The maximum atomic E-state index is 5.65. The normalized spacial score (nSPS) is 13.5. The van der Waals surface area contributed by atoms with Gasteiger partial charge in [-0.15, -0.1) is 0 Å². The van der Waals surface area contributed by atoms with E-state index in [0.29, 0.717) is 6.54 Å². The summed E-state index contributed by atoms with van der Waals surface area (Å²) in [5, 5.41) is 0. The highest BCUT2D eigenvalue weighted by molar-refractivity contribution is 14.1. The van der Waals surface area contributed by atoms with Crippen LogP contribution in [0.15, 0.2) is 6.07 Å². The van der Waals surface area contributed by atoms with E-state index in [1.807, 2.05) is 6.07 Å². The van der Waals surface area contributed by atoms with E-state index in [0.717, 1.165) is 30.9 Å². The highest BCUT2D eigenvalue weighted by Gasteiger charge is 2.22. The summed E-state index contributed by atoms with van der Waals surface area (Å²) < 4.78 is 12.2. The molecule has 1 aliphatic rings. The van der Waals surface area contributed by atoms with Crippen molar-refractivity contribution < 1.29 is 9.47 Å². The lowest BCUT2D eigenvalue weighted by atomic mass is 10.0. The van der Waals surface area contributed by atoms with Crippen LogP contribution in [0.3, 0.4) is 0 Å². The standard InChI is InChI=1S/C11H14INO2/c1-14-9-6-7(2-4-13)11-8(10(9)12)3-5-15-11/h6H,2-5,13H2,1H3. The van der Waals surface area contributed by atoms with Crippen molar-refractivity contribution >= 4 is 22.6 Å². The molecule has 0 saturated heterocycles. The second kappa shape index (κ2) is 4.57. The Balaban J connectivity index is 2.51. The third-order valence-corrected chi connectivity index (χ3v) is 3.77. The lowest BCUT2D eigenvalue weighted by Crippen LogP contribution is -2.05. The van der Waals surface area contributed by atoms with Crippen LogP contribution in [0, 0.1) is 3.57 Å². The molecule has 0 amide bonds. The molecule has 0 atom stereocenters. The number of methoxy groups -OCH3 is 1. The Hall–Kier alpha value is -0.490. The Morgan fingerprint density at radius 2 is 2.40 bits per heavy atom. The minimum absolute atomic E-state index is 0.638. The minimum atomic E-state index is 0.638. The van der Waals surface area contributed by atoms with Crippen molar-refractivity contribution in [2.24, 2.45) is 5.73 Å². The SMILES string of the molecule is COc1cc(CCN)c2c(c1I)CCO2. The molecule has 2 N–H and O–H groups in total. The summed E-state index contributed by atoms with van der Waals surface area (Å²) in [6, 6.07) is 2.04. The highest BCUT2D eigenvalue weighted by atomic mass is 127. The number of ether oxygens (including phenoxy) is 2. The number of rotatable bonds is 3. The first-order valence-electron chi connectivity index (χ1n) is 4.99. The molecule has 3 nitrogen and oxygen atoms in total. The van der Waals surface area contributed by atoms with E-state index in [4.69, 9.17) is 15.2 Å². The van der Waals surface area contributed by atoms with Crippen LogP contribution >= 0.6 is 22.6 Å². The van der Waals surface area contributed by atoms with Crippen LogP contribution in [-0.2, 0) is 12.8 Å². The fourth-order valence-corrected chi connectivity index (χ4v) is 2.77. The molecule has 15 heavy (non-hydrogen) atoms. The minimum Gasteiger partial charge on any atom is -0.496 e. The molecule has 1 aromatic rings. The second-order valence-electron chi connectivity index (χ2n) is 3.50. The fourth-order valence-electron chi connectivity index (χ4n) is 1.88. The molecule has 0 aromatic heterocycles. The van der Waals surface area contributed by atoms with Crippen molar-refractivity contribution in [1.29, 1.82) is 0 Å². The number of fused-ring (bicyclic) bond motifs is 1. The van der Waals surface area contributed by atoms with Crippen molar-refractivity contribution in [2.75, 3.05) is 20.3 Å². The molecule has 0 fully saturated rings. The van der Waals surface area contributed by atoms with Gasteiger partial charge in [-0.1, -0.05) is 0 Å². The summed E-state index contributed by atoms with van der Waals surface area (Å²) in [6.07, 6.45) is 1.82. The quantitative estimate of drug-likeness (QED) is 0.863. The van der Waals surface area contributed by atoms with E-state index >= 15 is 0 Å². The molecule has 0 unspecified atom stereocenters. The average molecular weight is 319 g/mol. The number of nitrogens with two attached hydrogens (primary N) is 1. The van der Waals surface area contributed by atoms with Crippen molar-refractivity contribution in [3.63, 3.8) is 0 Å². The number of hydrogen-bond donors (Lipinski definition) is 1. The van der Waals surface area contributed by atoms with Gasteiger partial charge < -0.3 is 15.2 Å². The average Bonchev–Trinajstić information content (AvgIpc) is 2.71. The van der Waals surface area contributed by atoms with E-state index in [9.17, 15) is 0 Å². The van der Waals surface area contributed by atoms with Gasteiger partial charge in [0.2, 0.25) is 0 Å². The zero-order valence-corrected chi connectivity index (χ0v) is 10.8. The summed E-state index contributed by atoms with van der Waals surface area (Å²) in [5.74, 6) is 1.97. The van der Waals surface area contributed by atoms with E-state index in [1.54, 1.807) is 7.11 Å². The molecule has 1 heterocycles. The van der Waals surface area contributed by atoms with Gasteiger partial charge in [0, 0.05) is 12.0 Å². The molecule has 0 aliphatic carbocycles. The van der Waals surface area contributed by atoms with Crippen LogP contribution in [0.5, 0.6) is 11.5 Å². The summed E-state index contributed by atoms with van der Waals surface area (Å²) in [4.78, 5) is 0. The topological polar surface area (TPSA) is 44.5 Å². The largest absolute Gasteiger partial charge is 0.496 e. The molecule has 0 bridgehead atoms. The number of benzene rings is 1. The van der Waals surface area contributed by atoms with Crippen molar-refractivity contribution in [3.05, 3.63) is 20.8 Å². The molecular weight excluding hydrogens is 305 g/mol. The Morgan fingerprint density at radius 3 is 3.07 bits per heavy atom. The smallest absolute Gasteiger partial charge is 0.133 e. The second-order valence-corrected chi connectivity index (χ2v) is 4.58. The van der Waals surface area contributed by atoms with Gasteiger partial charge in [0.15, 0.2) is 0 Å². The molecule has 2 rings (SSSR count). The van der Waals surface area contributed by atoms with E-state index in [-0.39, 0.29) is 0 Å². The number of halogens is 1. The van der Waals surface area contributed by atoms with Crippen molar-refractivity contribution in [3.8, 4) is 11.5 Å². The molecule has 0 radical (unpaired) electrons. The van der Waals surface area contributed by atoms with Crippen molar-refractivity contribution in [1.82, 2.24) is 0 Å². The van der Waals surface area contributed by atoms with Gasteiger partial charge in [-0.25, -0.2) is 0 Å². The van der Waals surface area contributed by atoms with Gasteiger partial charge in [0.1, 0.15) is 11.5 Å². The zero-order valence-electron chi connectivity index (χ0n) is 8.68. The summed E-state index contributed by atoms with van der Waals surface area (Å²) in [5.41, 5.74) is 8.03. The molecule has 4 heteroatoms. The highest BCUT2D eigenvalue weighted by Crippen LogP contribution is 2.38. The Labute approximate surface area is 103 Å². The van der Waals surface area contributed by atoms with Gasteiger partial charge in [-0.3, -0.25) is 0 Å². The van der Waals surface area contributed by atoms with Gasteiger partial charge in [-0.2, -0.15) is 0 Å². The lowest BCUT2D eigenvalue weighted by molar-refractivity contribution is 0.353. The van der Waals surface area contributed by atoms with E-state index in [1.165, 1.54) is 14.7 Å². The summed E-state index contributed by atoms with van der Waals surface area (Å²) >= 11 is 2.32. The predicted octanol–water partition coefficient (Wildman–Crippen LogP) is 1.74. The summed E-state index contributed by atoms with van der Waals surface area (Å²) in [6.45, 7) is 1.41. The van der Waals surface area contributed by atoms with Crippen LogP contribution in [0.4, 0.5) is 0 Å². The van der Waals surface area contributed by atoms with Crippen LogP contribution in [-0.4, -0.2) is 20.3 Å². The van der Waals surface area contributed by atoms with Crippen LogP contribution in [0.1, 0.15) is 11.1 Å². The van der Waals surface area contributed by atoms with Gasteiger partial charge in [-0.05, 0) is 47.2 Å². The zero-order chi connectivity index (χ0) is 10.8. The third kappa shape index (κ3) is 1.92. The molecule has 0 saturated carbocycles. The maximum absolute atomic E-state index is 5.65. The molecule has 1 aliphatic heterocycles. The Bertz CT molecular complexity index is 379. The van der Waals surface area contributed by atoms with Crippen LogP contribution in [0.2, 0.25) is 0 Å². The lowest BCUT2D eigenvalue weighted by Gasteiger charge is -2.12. The predicted molar refractivity (Wildman–Crippen MR) is 67.7 cm³/mol. The first-order chi connectivity index (χ1) is 7.27. The summed E-state index contributed by atoms with van der Waals surface area (Å²) in [7, 11) is 1.70. The number of hydrogen-bond acceptors (Lipinski definition) is 3. The van der Waals surface area contributed by atoms with Crippen LogP contribution < -0.4 is 15.2 Å². The molecule has 82 valence electrons. The van der Waals surface area contributed by atoms with E-state index < -0.39 is 0 Å². The Morgan fingerprint density at radius 1 is 1.60 bits per heavy atom. The first-order valence-corrected chi connectivity index (χ1v) is 6.07. The monoisotopic (exact) mass is 319 g/mol. The fraction of sp³-hybridized carbons (Fsp3) is 0.455. The van der Waals surface area contributed by atoms with Crippen molar-refractivity contribution in [2.45, 2.75) is 12.8 Å². The van der Waals surface area contributed by atoms with Crippen LogP contribution in [0.25, 0.3) is 0 Å². The molecule has 0 spiro atoms. The van der Waals surface area contributed by atoms with Gasteiger partial charge >= 0.3 is 0 Å². The maximum Gasteiger partial charge on any atom is 0.133 e. The van der Waals surface area contributed by atoms with E-state index in [2.05, 4.69) is 22.6 Å².